The number of halogens is 1. The number of nitrogens with one attached hydrogen (secondary N) is 2. The second kappa shape index (κ2) is 12.9. The number of rotatable bonds is 8. The highest BCUT2D eigenvalue weighted by Crippen LogP contribution is 2.39. The van der Waals surface area contributed by atoms with Gasteiger partial charge in [0.25, 0.3) is 11.5 Å². The molecule has 224 valence electrons. The molecule has 0 saturated carbocycles. The average molecular weight is 604 g/mol. The molecule has 43 heavy (non-hydrogen) atoms. The smallest absolute Gasteiger partial charge is 0.330 e. The Balaban J connectivity index is 1.42. The van der Waals surface area contributed by atoms with Crippen LogP contribution in [0.4, 0.5) is 5.69 Å². The predicted molar refractivity (Wildman–Crippen MR) is 167 cm³/mol. The second-order valence-corrected chi connectivity index (χ2v) is 10.9. The molecule has 0 radical (unpaired) electrons. The fourth-order valence-electron chi connectivity index (χ4n) is 5.24. The largest absolute Gasteiger partial charge is 0.481 e. The van der Waals surface area contributed by atoms with Crippen LogP contribution < -0.4 is 26.6 Å². The van der Waals surface area contributed by atoms with Gasteiger partial charge >= 0.3 is 5.69 Å². The van der Waals surface area contributed by atoms with Gasteiger partial charge in [-0.1, -0.05) is 48.0 Å². The lowest BCUT2D eigenvalue weighted by Crippen LogP contribution is -2.40. The summed E-state index contributed by atoms with van der Waals surface area (Å²) in [7, 11) is 4.43. The minimum absolute atomic E-state index is 0.138. The summed E-state index contributed by atoms with van der Waals surface area (Å²) in [6.45, 7) is 4.04. The van der Waals surface area contributed by atoms with Gasteiger partial charge in [-0.25, -0.2) is 9.78 Å². The molecule has 0 unspecified atom stereocenters. The van der Waals surface area contributed by atoms with Crippen molar-refractivity contribution in [2.45, 2.75) is 32.4 Å². The van der Waals surface area contributed by atoms with E-state index in [0.29, 0.717) is 34.9 Å². The van der Waals surface area contributed by atoms with E-state index in [1.54, 1.807) is 19.2 Å². The number of anilines is 1. The van der Waals surface area contributed by atoms with Crippen LogP contribution in [0.5, 0.6) is 5.88 Å². The third kappa shape index (κ3) is 6.27. The van der Waals surface area contributed by atoms with Crippen molar-refractivity contribution in [1.82, 2.24) is 19.4 Å². The molecule has 5 rings (SSSR count). The predicted octanol–water partition coefficient (Wildman–Crippen LogP) is 4.30. The molecule has 2 N–H and O–H groups in total. The van der Waals surface area contributed by atoms with Crippen LogP contribution in [0, 0.1) is 6.92 Å². The summed E-state index contributed by atoms with van der Waals surface area (Å²) in [4.78, 5) is 42.5. The van der Waals surface area contributed by atoms with Crippen molar-refractivity contribution in [2.75, 3.05) is 25.6 Å². The summed E-state index contributed by atoms with van der Waals surface area (Å²) in [6, 6.07) is 15.5. The van der Waals surface area contributed by atoms with Gasteiger partial charge in [0.1, 0.15) is 5.56 Å². The van der Waals surface area contributed by atoms with Crippen molar-refractivity contribution in [2.24, 2.45) is 14.1 Å². The highest BCUT2D eigenvalue weighted by Gasteiger charge is 2.19. The van der Waals surface area contributed by atoms with E-state index in [1.165, 1.54) is 24.9 Å². The number of benzene rings is 2. The summed E-state index contributed by atoms with van der Waals surface area (Å²) in [5.41, 5.74) is 3.89. The number of carbonyl (C=O) groups is 1. The normalized spacial score (nSPS) is 13.6. The number of amides is 1. The molecule has 0 aliphatic carbocycles. The highest BCUT2D eigenvalue weighted by atomic mass is 35.5. The number of methoxy groups -OCH3 is 1. The Hall–Kier alpha value is -4.25. The Labute approximate surface area is 254 Å². The average Bonchev–Trinajstić information content (AvgIpc) is 3.02. The van der Waals surface area contributed by atoms with Crippen LogP contribution in [-0.2, 0) is 25.4 Å². The highest BCUT2D eigenvalue weighted by molar-refractivity contribution is 6.36. The molecular weight excluding hydrogens is 570 g/mol. The minimum atomic E-state index is -0.668. The number of nitrogens with zero attached hydrogens (tertiary/aromatic N) is 3. The SMILES string of the molecule is COc1nc(-c2cccc(-c3cccc(NC(=O)c4cn(C)c(=O)n(C)c4=O)c3C)c2Cl)ccc1CNC1CCOCC1. The van der Waals surface area contributed by atoms with Gasteiger partial charge in [0.2, 0.25) is 5.88 Å². The van der Waals surface area contributed by atoms with E-state index in [0.717, 1.165) is 58.4 Å². The van der Waals surface area contributed by atoms with Crippen molar-refractivity contribution in [3.8, 4) is 28.3 Å². The molecule has 1 saturated heterocycles. The third-order valence-electron chi connectivity index (χ3n) is 7.77. The Bertz CT molecular complexity index is 1790. The van der Waals surface area contributed by atoms with Gasteiger partial charge in [0.05, 0.1) is 17.8 Å². The van der Waals surface area contributed by atoms with Crippen LogP contribution >= 0.6 is 11.6 Å². The Morgan fingerprint density at radius 3 is 2.49 bits per heavy atom. The van der Waals surface area contributed by atoms with Gasteiger partial charge in [-0.05, 0) is 43.0 Å². The van der Waals surface area contributed by atoms with Crippen LogP contribution in [-0.4, -0.2) is 46.4 Å². The number of carbonyl (C=O) groups excluding carboxylic acids is 1. The molecule has 2 aromatic carbocycles. The molecule has 11 heteroatoms. The maximum Gasteiger partial charge on any atom is 0.330 e. The summed E-state index contributed by atoms with van der Waals surface area (Å²) >= 11 is 7.00. The van der Waals surface area contributed by atoms with Gasteiger partial charge in [0.15, 0.2) is 0 Å². The van der Waals surface area contributed by atoms with E-state index < -0.39 is 17.2 Å². The Morgan fingerprint density at radius 1 is 1.05 bits per heavy atom. The summed E-state index contributed by atoms with van der Waals surface area (Å²) < 4.78 is 13.2. The van der Waals surface area contributed by atoms with E-state index >= 15 is 0 Å². The van der Waals surface area contributed by atoms with Gasteiger partial charge in [-0.2, -0.15) is 0 Å². The fraction of sp³-hybridized carbons (Fsp3) is 0.312. The quantitative estimate of drug-likeness (QED) is 0.308. The summed E-state index contributed by atoms with van der Waals surface area (Å²) in [6.07, 6.45) is 3.20. The van der Waals surface area contributed by atoms with Gasteiger partial charge in [0, 0.05) is 68.5 Å². The maximum atomic E-state index is 13.1. The second-order valence-electron chi connectivity index (χ2n) is 10.5. The minimum Gasteiger partial charge on any atom is -0.481 e. The zero-order chi connectivity index (χ0) is 30.7. The van der Waals surface area contributed by atoms with E-state index in [4.69, 9.17) is 26.1 Å². The molecule has 2 aromatic heterocycles. The molecule has 0 atom stereocenters. The number of aromatic nitrogens is 3. The molecule has 10 nitrogen and oxygen atoms in total. The van der Waals surface area contributed by atoms with E-state index in [1.807, 2.05) is 43.3 Å². The van der Waals surface area contributed by atoms with Crippen LogP contribution in [0.2, 0.25) is 5.02 Å². The van der Waals surface area contributed by atoms with Crippen LogP contribution in [0.25, 0.3) is 22.4 Å². The molecule has 4 aromatic rings. The standard InChI is InChI=1S/C32H34ClN5O5/c1-19-22(7-6-10-26(19)35-29(39)25-18-37(2)32(41)38(3)31(25)40)23-8-5-9-24(28(23)33)27-12-11-20(30(36-27)42-4)17-34-21-13-15-43-16-14-21/h5-12,18,21,34H,13-17H2,1-4H3,(H,35,39). The van der Waals surface area contributed by atoms with Crippen molar-refractivity contribution in [3.05, 3.63) is 97.3 Å². The fourth-order valence-corrected chi connectivity index (χ4v) is 5.57. The lowest BCUT2D eigenvalue weighted by Gasteiger charge is -2.23. The molecule has 1 amide bonds. The first-order valence-electron chi connectivity index (χ1n) is 14.0. The first kappa shape index (κ1) is 30.2. The number of hydrogen-bond donors (Lipinski definition) is 2. The first-order chi connectivity index (χ1) is 20.7. The third-order valence-corrected chi connectivity index (χ3v) is 8.18. The Morgan fingerprint density at radius 2 is 1.74 bits per heavy atom. The summed E-state index contributed by atoms with van der Waals surface area (Å²) in [5, 5.41) is 6.90. The van der Waals surface area contributed by atoms with Crippen LogP contribution in [0.1, 0.15) is 34.3 Å². The lowest BCUT2D eigenvalue weighted by molar-refractivity contribution is 0.0775. The molecule has 1 aliphatic heterocycles. The van der Waals surface area contributed by atoms with Crippen molar-refractivity contribution >= 4 is 23.2 Å². The number of pyridine rings is 1. The van der Waals surface area contributed by atoms with Crippen molar-refractivity contribution < 1.29 is 14.3 Å². The molecule has 0 bridgehead atoms. The summed E-state index contributed by atoms with van der Waals surface area (Å²) in [5.74, 6) is -0.0806. The monoisotopic (exact) mass is 603 g/mol. The topological polar surface area (TPSA) is 116 Å². The molecule has 3 heterocycles. The maximum absolute atomic E-state index is 13.1. The van der Waals surface area contributed by atoms with E-state index in [-0.39, 0.29) is 5.56 Å². The van der Waals surface area contributed by atoms with E-state index in [2.05, 4.69) is 10.6 Å². The first-order valence-corrected chi connectivity index (χ1v) is 14.4. The van der Waals surface area contributed by atoms with Gasteiger partial charge in [-0.3, -0.25) is 14.2 Å². The van der Waals surface area contributed by atoms with Crippen LogP contribution in [0.3, 0.4) is 0 Å². The van der Waals surface area contributed by atoms with Gasteiger partial charge in [-0.15, -0.1) is 0 Å². The lowest BCUT2D eigenvalue weighted by atomic mass is 9.96. The molecular formula is C32H34ClN5O5. The van der Waals surface area contributed by atoms with E-state index in [9.17, 15) is 14.4 Å². The zero-order valence-corrected chi connectivity index (χ0v) is 25.3. The number of hydrogen-bond acceptors (Lipinski definition) is 7. The van der Waals surface area contributed by atoms with Crippen LogP contribution in [0.15, 0.2) is 64.3 Å². The number of aryl methyl sites for hydroxylation is 1. The molecule has 1 fully saturated rings. The van der Waals surface area contributed by atoms with Crippen molar-refractivity contribution in [3.63, 3.8) is 0 Å². The van der Waals surface area contributed by atoms with Gasteiger partial charge < -0.3 is 24.7 Å². The molecule has 1 aliphatic rings. The van der Waals surface area contributed by atoms with Crippen molar-refractivity contribution in [1.29, 1.82) is 0 Å². The molecule has 0 spiro atoms. The number of ether oxygens (including phenoxy) is 2. The zero-order valence-electron chi connectivity index (χ0n) is 24.6. The Kier molecular flexibility index (Phi) is 9.10.